The highest BCUT2D eigenvalue weighted by Crippen LogP contribution is 2.26. The van der Waals surface area contributed by atoms with E-state index >= 15 is 0 Å². The van der Waals surface area contributed by atoms with Crippen LogP contribution in [0.4, 0.5) is 22.0 Å². The number of rotatable bonds is 3. The van der Waals surface area contributed by atoms with Crippen LogP contribution in [-0.4, -0.2) is 17.1 Å². The van der Waals surface area contributed by atoms with E-state index in [-0.39, 0.29) is 5.56 Å². The summed E-state index contributed by atoms with van der Waals surface area (Å²) in [6.07, 6.45) is -3.90. The van der Waals surface area contributed by atoms with Crippen molar-refractivity contribution in [3.63, 3.8) is 0 Å². The first kappa shape index (κ1) is 14.9. The second-order valence-corrected chi connectivity index (χ2v) is 3.86. The molecule has 21 heavy (non-hydrogen) atoms. The van der Waals surface area contributed by atoms with Gasteiger partial charge in [0.15, 0.2) is 17.4 Å². The number of carbonyl (C=O) groups excluding carboxylic acids is 1. The van der Waals surface area contributed by atoms with Gasteiger partial charge in [0.05, 0.1) is 0 Å². The van der Waals surface area contributed by atoms with Gasteiger partial charge < -0.3 is 4.74 Å². The Kier molecular flexibility index (Phi) is 3.88. The van der Waals surface area contributed by atoms with E-state index in [1.165, 1.54) is 6.07 Å². The Morgan fingerprint density at radius 1 is 1.10 bits per heavy atom. The fourth-order valence-corrected chi connectivity index (χ4v) is 1.54. The van der Waals surface area contributed by atoms with Crippen LogP contribution in [0, 0.1) is 11.6 Å². The van der Waals surface area contributed by atoms with Crippen LogP contribution in [0.1, 0.15) is 16.1 Å². The van der Waals surface area contributed by atoms with Crippen LogP contribution in [0.25, 0.3) is 0 Å². The van der Waals surface area contributed by atoms with E-state index < -0.39 is 35.2 Å². The van der Waals surface area contributed by atoms with Crippen molar-refractivity contribution in [1.82, 2.24) is 4.98 Å². The molecule has 0 spiro atoms. The van der Waals surface area contributed by atoms with Gasteiger partial charge in [-0.15, -0.1) is 13.2 Å². The zero-order valence-electron chi connectivity index (χ0n) is 10.1. The van der Waals surface area contributed by atoms with Crippen molar-refractivity contribution in [2.24, 2.45) is 0 Å². The van der Waals surface area contributed by atoms with Crippen molar-refractivity contribution in [3.8, 4) is 5.75 Å². The maximum Gasteiger partial charge on any atom is 0.573 e. The maximum absolute atomic E-state index is 13.5. The number of benzene rings is 1. The standard InChI is InChI=1S/C13H6F5NO2/c14-8-2-1-5-19-11(8)12(20)7-3-4-10(9(15)6-7)21-13(16,17)18/h1-6H. The highest BCUT2D eigenvalue weighted by atomic mass is 19.4. The first-order chi connectivity index (χ1) is 9.78. The third kappa shape index (κ3) is 3.53. The van der Waals surface area contributed by atoms with Crippen LogP contribution < -0.4 is 4.74 Å². The third-order valence-corrected chi connectivity index (χ3v) is 2.39. The van der Waals surface area contributed by atoms with Crippen LogP contribution in [0.5, 0.6) is 5.75 Å². The average molecular weight is 303 g/mol. The quantitative estimate of drug-likeness (QED) is 0.643. The van der Waals surface area contributed by atoms with E-state index in [4.69, 9.17) is 0 Å². The Labute approximate surface area is 115 Å². The third-order valence-electron chi connectivity index (χ3n) is 2.39. The van der Waals surface area contributed by atoms with Crippen molar-refractivity contribution in [2.75, 3.05) is 0 Å². The summed E-state index contributed by atoms with van der Waals surface area (Å²) in [5.74, 6) is -4.35. The summed E-state index contributed by atoms with van der Waals surface area (Å²) in [5, 5.41) is 0. The van der Waals surface area contributed by atoms with Crippen LogP contribution in [0.15, 0.2) is 36.5 Å². The zero-order valence-corrected chi connectivity index (χ0v) is 10.1. The van der Waals surface area contributed by atoms with E-state index in [2.05, 4.69) is 9.72 Å². The fourth-order valence-electron chi connectivity index (χ4n) is 1.54. The Bertz CT molecular complexity index is 685. The largest absolute Gasteiger partial charge is 0.573 e. The molecule has 0 atom stereocenters. The van der Waals surface area contributed by atoms with E-state index in [0.29, 0.717) is 12.1 Å². The molecule has 110 valence electrons. The topological polar surface area (TPSA) is 39.2 Å². The minimum Gasteiger partial charge on any atom is -0.403 e. The molecule has 0 radical (unpaired) electrons. The molecule has 2 rings (SSSR count). The number of hydrogen-bond donors (Lipinski definition) is 0. The average Bonchev–Trinajstić information content (AvgIpc) is 2.39. The van der Waals surface area contributed by atoms with E-state index in [9.17, 15) is 26.7 Å². The van der Waals surface area contributed by atoms with Crippen LogP contribution in [0.3, 0.4) is 0 Å². The SMILES string of the molecule is O=C(c1ccc(OC(F)(F)F)c(F)c1)c1ncccc1F. The van der Waals surface area contributed by atoms with Gasteiger partial charge in [0.2, 0.25) is 5.78 Å². The number of pyridine rings is 1. The van der Waals surface area contributed by atoms with Crippen LogP contribution in [0.2, 0.25) is 0 Å². The minimum absolute atomic E-state index is 0.348. The predicted octanol–water partition coefficient (Wildman–Crippen LogP) is 3.49. The van der Waals surface area contributed by atoms with Crippen molar-refractivity contribution in [1.29, 1.82) is 0 Å². The molecule has 1 heterocycles. The summed E-state index contributed by atoms with van der Waals surface area (Å²) in [7, 11) is 0. The Morgan fingerprint density at radius 2 is 1.81 bits per heavy atom. The van der Waals surface area contributed by atoms with E-state index in [1.54, 1.807) is 0 Å². The number of aromatic nitrogens is 1. The van der Waals surface area contributed by atoms with Crippen molar-refractivity contribution >= 4 is 5.78 Å². The first-order valence-electron chi connectivity index (χ1n) is 5.48. The molecule has 0 amide bonds. The number of ketones is 1. The maximum atomic E-state index is 13.5. The first-order valence-corrected chi connectivity index (χ1v) is 5.48. The number of carbonyl (C=O) groups is 1. The lowest BCUT2D eigenvalue weighted by Gasteiger charge is -2.10. The zero-order chi connectivity index (χ0) is 15.6. The minimum atomic E-state index is -5.06. The normalized spacial score (nSPS) is 11.3. The molecule has 0 unspecified atom stereocenters. The summed E-state index contributed by atoms with van der Waals surface area (Å²) < 4.78 is 66.2. The fraction of sp³-hybridized carbons (Fsp3) is 0.0769. The number of alkyl halides is 3. The lowest BCUT2D eigenvalue weighted by atomic mass is 10.1. The number of nitrogens with zero attached hydrogens (tertiary/aromatic N) is 1. The summed E-state index contributed by atoms with van der Waals surface area (Å²) in [5.41, 5.74) is -0.902. The Hall–Kier alpha value is -2.51. The van der Waals surface area contributed by atoms with Crippen molar-refractivity contribution < 1.29 is 31.5 Å². The Morgan fingerprint density at radius 3 is 2.38 bits per heavy atom. The number of halogens is 5. The van der Waals surface area contributed by atoms with Crippen molar-refractivity contribution in [2.45, 2.75) is 6.36 Å². The molecule has 0 saturated heterocycles. The molecule has 1 aromatic heterocycles. The molecule has 0 aliphatic heterocycles. The molecule has 0 aliphatic rings. The molecule has 0 bridgehead atoms. The molecule has 1 aromatic carbocycles. The van der Waals surface area contributed by atoms with Gasteiger partial charge in [0, 0.05) is 11.8 Å². The van der Waals surface area contributed by atoms with Gasteiger partial charge in [-0.05, 0) is 30.3 Å². The highest BCUT2D eigenvalue weighted by Gasteiger charge is 2.32. The summed E-state index contributed by atoms with van der Waals surface area (Å²) in [6.45, 7) is 0. The molecule has 0 N–H and O–H groups in total. The van der Waals surface area contributed by atoms with Gasteiger partial charge in [-0.1, -0.05) is 0 Å². The number of ether oxygens (including phenoxy) is 1. The second-order valence-electron chi connectivity index (χ2n) is 3.86. The second kappa shape index (κ2) is 5.47. The predicted molar refractivity (Wildman–Crippen MR) is 60.7 cm³/mol. The summed E-state index contributed by atoms with van der Waals surface area (Å²) in [6, 6.07) is 4.29. The summed E-state index contributed by atoms with van der Waals surface area (Å²) >= 11 is 0. The molecule has 2 aromatic rings. The molecule has 0 saturated carbocycles. The van der Waals surface area contributed by atoms with E-state index in [1.807, 2.05) is 0 Å². The van der Waals surface area contributed by atoms with Gasteiger partial charge in [-0.3, -0.25) is 4.79 Å². The van der Waals surface area contributed by atoms with Gasteiger partial charge in [-0.2, -0.15) is 0 Å². The van der Waals surface area contributed by atoms with Gasteiger partial charge >= 0.3 is 6.36 Å². The molecular weight excluding hydrogens is 297 g/mol. The van der Waals surface area contributed by atoms with Crippen molar-refractivity contribution in [3.05, 3.63) is 59.4 Å². The lowest BCUT2D eigenvalue weighted by molar-refractivity contribution is -0.275. The van der Waals surface area contributed by atoms with Crippen LogP contribution in [-0.2, 0) is 0 Å². The molecule has 3 nitrogen and oxygen atoms in total. The highest BCUT2D eigenvalue weighted by molar-refractivity contribution is 6.07. The van der Waals surface area contributed by atoms with Gasteiger partial charge in [-0.25, -0.2) is 13.8 Å². The molecule has 8 heteroatoms. The monoisotopic (exact) mass is 303 g/mol. The number of hydrogen-bond acceptors (Lipinski definition) is 3. The molecular formula is C13H6F5NO2. The van der Waals surface area contributed by atoms with Crippen LogP contribution >= 0.6 is 0 Å². The van der Waals surface area contributed by atoms with Gasteiger partial charge in [0.1, 0.15) is 5.69 Å². The van der Waals surface area contributed by atoms with E-state index in [0.717, 1.165) is 18.3 Å². The molecule has 0 fully saturated rings. The summed E-state index contributed by atoms with van der Waals surface area (Å²) in [4.78, 5) is 15.4. The Balaban J connectivity index is 2.32. The molecule has 0 aliphatic carbocycles. The van der Waals surface area contributed by atoms with Gasteiger partial charge in [0.25, 0.3) is 0 Å². The smallest absolute Gasteiger partial charge is 0.403 e. The lowest BCUT2D eigenvalue weighted by Crippen LogP contribution is -2.18.